The number of pyridine rings is 1. The Kier molecular flexibility index (Phi) is 5.42. The van der Waals surface area contributed by atoms with Crippen molar-refractivity contribution < 1.29 is 8.78 Å². The van der Waals surface area contributed by atoms with Gasteiger partial charge in [-0.25, -0.2) is 0 Å². The van der Waals surface area contributed by atoms with Crippen LogP contribution in [-0.4, -0.2) is 4.98 Å². The maximum absolute atomic E-state index is 13.0. The second-order valence-corrected chi connectivity index (χ2v) is 4.67. The minimum absolute atomic E-state index is 0.117. The molecule has 0 aliphatic heterocycles. The van der Waals surface area contributed by atoms with E-state index in [1.807, 2.05) is 18.2 Å². The molecule has 0 saturated heterocycles. The molecule has 20 heavy (non-hydrogen) atoms. The van der Waals surface area contributed by atoms with Gasteiger partial charge in [0.2, 0.25) is 0 Å². The molecule has 3 heteroatoms. The minimum atomic E-state index is -1.60. The van der Waals surface area contributed by atoms with Gasteiger partial charge >= 0.3 is 0 Å². The molecule has 0 N–H and O–H groups in total. The highest BCUT2D eigenvalue weighted by Gasteiger charge is 2.09. The van der Waals surface area contributed by atoms with E-state index in [0.717, 1.165) is 19.3 Å². The lowest BCUT2D eigenvalue weighted by Crippen LogP contribution is -1.90. The van der Waals surface area contributed by atoms with Crippen LogP contribution < -0.4 is 0 Å². The third kappa shape index (κ3) is 4.26. The van der Waals surface area contributed by atoms with Crippen molar-refractivity contribution in [3.63, 3.8) is 0 Å². The van der Waals surface area contributed by atoms with Gasteiger partial charge in [0, 0.05) is 23.5 Å². The van der Waals surface area contributed by atoms with E-state index in [2.05, 4.69) is 17.1 Å². The third-order valence-corrected chi connectivity index (χ3v) is 3.22. The van der Waals surface area contributed by atoms with Crippen LogP contribution in [0, 0.1) is 0 Å². The zero-order chi connectivity index (χ0) is 14.2. The molecule has 0 radical (unpaired) electrons. The van der Waals surface area contributed by atoms with Gasteiger partial charge in [0.1, 0.15) is 0 Å². The van der Waals surface area contributed by atoms with E-state index >= 15 is 0 Å². The molecule has 1 heterocycles. The SMILES string of the molecule is FC(F)=C(CCCCc1ccccc1)c1cccnc1. The van der Waals surface area contributed by atoms with Crippen LogP contribution in [0.25, 0.3) is 5.57 Å². The van der Waals surface area contributed by atoms with Crippen LogP contribution in [0.1, 0.15) is 30.4 Å². The highest BCUT2D eigenvalue weighted by atomic mass is 19.3. The summed E-state index contributed by atoms with van der Waals surface area (Å²) in [5, 5.41) is 0. The van der Waals surface area contributed by atoms with Crippen molar-refractivity contribution in [2.24, 2.45) is 0 Å². The number of hydrogen-bond donors (Lipinski definition) is 0. The lowest BCUT2D eigenvalue weighted by Gasteiger charge is -2.06. The van der Waals surface area contributed by atoms with Crippen LogP contribution in [0.5, 0.6) is 0 Å². The summed E-state index contributed by atoms with van der Waals surface area (Å²) in [6, 6.07) is 13.5. The second-order valence-electron chi connectivity index (χ2n) is 4.67. The molecule has 104 valence electrons. The molecule has 1 aromatic carbocycles. The minimum Gasteiger partial charge on any atom is -0.264 e. The Balaban J connectivity index is 1.87. The van der Waals surface area contributed by atoms with Crippen LogP contribution in [0.3, 0.4) is 0 Å². The molecule has 0 bridgehead atoms. The Morgan fingerprint density at radius 2 is 1.75 bits per heavy atom. The number of benzene rings is 1. The van der Waals surface area contributed by atoms with Crippen LogP contribution in [-0.2, 0) is 6.42 Å². The number of rotatable bonds is 6. The van der Waals surface area contributed by atoms with E-state index in [0.29, 0.717) is 12.0 Å². The number of aromatic nitrogens is 1. The number of unbranched alkanes of at least 4 members (excludes halogenated alkanes) is 1. The van der Waals surface area contributed by atoms with E-state index in [9.17, 15) is 8.78 Å². The van der Waals surface area contributed by atoms with Gasteiger partial charge < -0.3 is 0 Å². The van der Waals surface area contributed by atoms with E-state index < -0.39 is 6.08 Å². The van der Waals surface area contributed by atoms with Gasteiger partial charge in [-0.2, -0.15) is 8.78 Å². The lowest BCUT2D eigenvalue weighted by molar-refractivity contribution is 0.422. The first-order chi connectivity index (χ1) is 9.77. The van der Waals surface area contributed by atoms with Crippen molar-refractivity contribution in [2.75, 3.05) is 0 Å². The van der Waals surface area contributed by atoms with E-state index in [-0.39, 0.29) is 5.57 Å². The summed E-state index contributed by atoms with van der Waals surface area (Å²) >= 11 is 0. The number of hydrogen-bond acceptors (Lipinski definition) is 1. The molecule has 0 aliphatic rings. The number of nitrogens with zero attached hydrogens (tertiary/aromatic N) is 1. The predicted octanol–water partition coefficient (Wildman–Crippen LogP) is 5.10. The quantitative estimate of drug-likeness (QED) is 0.667. The molecule has 0 unspecified atom stereocenters. The zero-order valence-corrected chi connectivity index (χ0v) is 11.2. The molecular weight excluding hydrogens is 256 g/mol. The van der Waals surface area contributed by atoms with Gasteiger partial charge in [-0.1, -0.05) is 36.4 Å². The van der Waals surface area contributed by atoms with Crippen molar-refractivity contribution in [3.05, 3.63) is 72.1 Å². The summed E-state index contributed by atoms with van der Waals surface area (Å²) in [6.07, 6.45) is 4.45. The molecule has 2 rings (SSSR count). The maximum atomic E-state index is 13.0. The molecule has 0 fully saturated rings. The molecule has 1 nitrogen and oxygen atoms in total. The van der Waals surface area contributed by atoms with Gasteiger partial charge in [0.05, 0.1) is 0 Å². The Bertz CT molecular complexity index is 546. The van der Waals surface area contributed by atoms with E-state index in [1.165, 1.54) is 11.8 Å². The predicted molar refractivity (Wildman–Crippen MR) is 77.4 cm³/mol. The fourth-order valence-electron chi connectivity index (χ4n) is 2.16. The molecule has 2 aromatic rings. The first kappa shape index (κ1) is 14.4. The van der Waals surface area contributed by atoms with Crippen molar-refractivity contribution in [2.45, 2.75) is 25.7 Å². The number of aryl methyl sites for hydroxylation is 1. The molecular formula is C17H17F2N. The monoisotopic (exact) mass is 273 g/mol. The topological polar surface area (TPSA) is 12.9 Å². The highest BCUT2D eigenvalue weighted by Crippen LogP contribution is 2.25. The van der Waals surface area contributed by atoms with E-state index in [1.54, 1.807) is 18.3 Å². The summed E-state index contributed by atoms with van der Waals surface area (Å²) < 4.78 is 26.0. The first-order valence-electron chi connectivity index (χ1n) is 6.76. The van der Waals surface area contributed by atoms with Crippen LogP contribution in [0.4, 0.5) is 8.78 Å². The fraction of sp³-hybridized carbons (Fsp3) is 0.235. The van der Waals surface area contributed by atoms with E-state index in [4.69, 9.17) is 0 Å². The van der Waals surface area contributed by atoms with Crippen LogP contribution in [0.2, 0.25) is 0 Å². The van der Waals surface area contributed by atoms with Crippen molar-refractivity contribution in [1.82, 2.24) is 4.98 Å². The van der Waals surface area contributed by atoms with Gasteiger partial charge in [-0.05, 0) is 37.3 Å². The van der Waals surface area contributed by atoms with Crippen LogP contribution >= 0.6 is 0 Å². The number of halogens is 2. The zero-order valence-electron chi connectivity index (χ0n) is 11.2. The standard InChI is InChI=1S/C17H17F2N/c18-17(19)16(15-10-6-12-20-13-15)11-5-4-9-14-7-2-1-3-8-14/h1-3,6-8,10,12-13H,4-5,9,11H2. The summed E-state index contributed by atoms with van der Waals surface area (Å²) in [7, 11) is 0. The average Bonchev–Trinajstić information content (AvgIpc) is 2.49. The summed E-state index contributed by atoms with van der Waals surface area (Å²) in [4.78, 5) is 3.90. The lowest BCUT2D eigenvalue weighted by atomic mass is 10.0. The molecule has 0 spiro atoms. The maximum Gasteiger partial charge on any atom is 0.274 e. The summed E-state index contributed by atoms with van der Waals surface area (Å²) in [5.74, 6) is 0. The summed E-state index contributed by atoms with van der Waals surface area (Å²) in [5.41, 5.74) is 1.89. The van der Waals surface area contributed by atoms with Crippen molar-refractivity contribution in [3.8, 4) is 0 Å². The molecule has 0 aliphatic carbocycles. The molecule has 0 atom stereocenters. The Hall–Kier alpha value is -2.03. The Morgan fingerprint density at radius 1 is 0.950 bits per heavy atom. The second kappa shape index (κ2) is 7.53. The largest absolute Gasteiger partial charge is 0.274 e. The molecule has 0 saturated carbocycles. The number of allylic oxidation sites excluding steroid dienone is 1. The van der Waals surface area contributed by atoms with Crippen molar-refractivity contribution >= 4 is 5.57 Å². The fourth-order valence-corrected chi connectivity index (χ4v) is 2.16. The van der Waals surface area contributed by atoms with Gasteiger partial charge in [0.25, 0.3) is 6.08 Å². The highest BCUT2D eigenvalue weighted by molar-refractivity contribution is 5.65. The van der Waals surface area contributed by atoms with Gasteiger partial charge in [-0.3, -0.25) is 4.98 Å². The molecule has 0 amide bonds. The normalized spacial score (nSPS) is 10.3. The van der Waals surface area contributed by atoms with Gasteiger partial charge in [-0.15, -0.1) is 0 Å². The molecule has 1 aromatic heterocycles. The first-order valence-corrected chi connectivity index (χ1v) is 6.76. The average molecular weight is 273 g/mol. The smallest absolute Gasteiger partial charge is 0.264 e. The van der Waals surface area contributed by atoms with Crippen molar-refractivity contribution in [1.29, 1.82) is 0 Å². The van der Waals surface area contributed by atoms with Crippen LogP contribution in [0.15, 0.2) is 60.9 Å². The Labute approximate surface area is 118 Å². The Morgan fingerprint density at radius 3 is 2.40 bits per heavy atom. The van der Waals surface area contributed by atoms with Gasteiger partial charge in [0.15, 0.2) is 0 Å². The third-order valence-electron chi connectivity index (χ3n) is 3.22. The summed E-state index contributed by atoms with van der Waals surface area (Å²) in [6.45, 7) is 0.